The Morgan fingerprint density at radius 1 is 0.918 bits per heavy atom. The first-order chi connectivity index (χ1) is 28.8. The van der Waals surface area contributed by atoms with Crippen molar-refractivity contribution in [3.05, 3.63) is 82.9 Å². The molecule has 3 N–H and O–H groups in total. The van der Waals surface area contributed by atoms with E-state index < -0.39 is 93.7 Å². The van der Waals surface area contributed by atoms with Gasteiger partial charge in [-0.1, -0.05) is 115 Å². The lowest BCUT2D eigenvalue weighted by atomic mass is 9.40. The number of carbonyl (C=O) groups is 5. The van der Waals surface area contributed by atoms with E-state index in [4.69, 9.17) is 18.9 Å². The Labute approximate surface area is 360 Å². The molecule has 12 nitrogen and oxygen atoms in total. The van der Waals surface area contributed by atoms with Gasteiger partial charge in [0.15, 0.2) is 11.9 Å². The Balaban J connectivity index is 1.42. The topological polar surface area (TPSA) is 175 Å². The Morgan fingerprint density at radius 2 is 1.54 bits per heavy atom. The van der Waals surface area contributed by atoms with Gasteiger partial charge >= 0.3 is 17.9 Å². The molecule has 6 rings (SSSR count). The van der Waals surface area contributed by atoms with Crippen LogP contribution in [0.15, 0.2) is 71.8 Å². The minimum atomic E-state index is -1.71. The molecule has 12 heteroatoms. The van der Waals surface area contributed by atoms with Crippen LogP contribution in [0.1, 0.15) is 135 Å². The van der Waals surface area contributed by atoms with Crippen molar-refractivity contribution in [2.24, 2.45) is 28.1 Å². The molecule has 3 aliphatic carbocycles. The summed E-state index contributed by atoms with van der Waals surface area (Å²) >= 11 is 0. The second-order valence-corrected chi connectivity index (χ2v) is 18.9. The number of hydrogen-bond acceptors (Lipinski definition) is 11. The van der Waals surface area contributed by atoms with Crippen LogP contribution < -0.4 is 5.32 Å². The van der Waals surface area contributed by atoms with E-state index in [0.29, 0.717) is 29.7 Å². The quantitative estimate of drug-likeness (QED) is 0.0719. The molecule has 2 bridgehead atoms. The minimum Gasteiger partial charge on any atom is -0.455 e. The van der Waals surface area contributed by atoms with Crippen LogP contribution >= 0.6 is 0 Å². The summed E-state index contributed by atoms with van der Waals surface area (Å²) in [6.07, 6.45) is -0.205. The number of fused-ring (bicyclic) bond motifs is 5. The van der Waals surface area contributed by atoms with Gasteiger partial charge in [-0.2, -0.15) is 0 Å². The number of rotatable bonds is 15. The van der Waals surface area contributed by atoms with Crippen LogP contribution in [-0.2, 0) is 38.1 Å². The summed E-state index contributed by atoms with van der Waals surface area (Å²) in [5.74, 6) is -4.66. The molecule has 1 amide bonds. The van der Waals surface area contributed by atoms with Gasteiger partial charge < -0.3 is 34.5 Å². The Kier molecular flexibility index (Phi) is 13.7. The number of Topliss-reactive ketones (excluding diaryl/α,β-unsaturated/α-hetero) is 1. The van der Waals surface area contributed by atoms with Gasteiger partial charge in [0.05, 0.1) is 29.8 Å². The molecule has 3 fully saturated rings. The van der Waals surface area contributed by atoms with Gasteiger partial charge in [-0.05, 0) is 60.9 Å². The monoisotopic (exact) mass is 843 g/mol. The summed E-state index contributed by atoms with van der Waals surface area (Å²) in [5.41, 5.74) is -3.50. The Morgan fingerprint density at radius 3 is 2.15 bits per heavy atom. The van der Waals surface area contributed by atoms with Gasteiger partial charge in [0.25, 0.3) is 5.91 Å². The summed E-state index contributed by atoms with van der Waals surface area (Å²) in [6.45, 7) is 14.5. The van der Waals surface area contributed by atoms with E-state index in [1.165, 1.54) is 6.92 Å². The first-order valence-electron chi connectivity index (χ1n) is 22.1. The van der Waals surface area contributed by atoms with Crippen LogP contribution in [0, 0.1) is 28.1 Å². The lowest BCUT2D eigenvalue weighted by Gasteiger charge is -2.68. The van der Waals surface area contributed by atoms with Crippen molar-refractivity contribution in [1.29, 1.82) is 0 Å². The number of esters is 3. The highest BCUT2D eigenvalue weighted by Gasteiger charge is 2.73. The fourth-order valence-electron chi connectivity index (χ4n) is 11.3. The molecule has 1 aliphatic heterocycles. The average molecular weight is 844 g/mol. The number of nitrogens with one attached hydrogen (secondary N) is 1. The highest BCUT2D eigenvalue weighted by atomic mass is 16.6. The summed E-state index contributed by atoms with van der Waals surface area (Å²) < 4.78 is 24.4. The van der Waals surface area contributed by atoms with E-state index in [-0.39, 0.29) is 30.9 Å². The van der Waals surface area contributed by atoms with E-state index >= 15 is 4.79 Å². The van der Waals surface area contributed by atoms with Crippen molar-refractivity contribution in [2.75, 3.05) is 6.61 Å². The number of ether oxygens (including phenoxy) is 4. The Bertz CT molecular complexity index is 1980. The maximum absolute atomic E-state index is 15.2. The van der Waals surface area contributed by atoms with Crippen LogP contribution in [0.4, 0.5) is 0 Å². The minimum absolute atomic E-state index is 0.0453. The second kappa shape index (κ2) is 18.1. The predicted octanol–water partition coefficient (Wildman–Crippen LogP) is 7.15. The number of amides is 1. The van der Waals surface area contributed by atoms with Crippen molar-refractivity contribution >= 4 is 29.6 Å². The highest BCUT2D eigenvalue weighted by molar-refractivity contribution is 5.96. The molecule has 2 aromatic rings. The van der Waals surface area contributed by atoms with Crippen LogP contribution in [0.3, 0.4) is 0 Å². The molecule has 4 aliphatic rings. The summed E-state index contributed by atoms with van der Waals surface area (Å²) in [5, 5.41) is 28.1. The number of aliphatic hydroxyl groups is 2. The van der Waals surface area contributed by atoms with Gasteiger partial charge in [-0.3, -0.25) is 19.2 Å². The number of carbonyl (C=O) groups excluding carboxylic acids is 5. The number of unbranched alkanes of at least 4 members (excludes halogenated alkanes) is 5. The molecule has 2 unspecified atom stereocenters. The third-order valence-corrected chi connectivity index (χ3v) is 14.8. The fraction of sp³-hybridized carbons (Fsp3) is 0.612. The van der Waals surface area contributed by atoms with Crippen molar-refractivity contribution in [3.63, 3.8) is 0 Å². The highest BCUT2D eigenvalue weighted by Crippen LogP contribution is 2.67. The summed E-state index contributed by atoms with van der Waals surface area (Å²) in [6, 6.07) is 16.0. The van der Waals surface area contributed by atoms with Crippen molar-refractivity contribution in [2.45, 2.75) is 155 Å². The normalized spacial score (nSPS) is 32.4. The van der Waals surface area contributed by atoms with Crippen LogP contribution in [-0.4, -0.2) is 82.5 Å². The number of ketones is 1. The van der Waals surface area contributed by atoms with Crippen molar-refractivity contribution in [3.8, 4) is 0 Å². The largest absolute Gasteiger partial charge is 0.455 e. The molecule has 2 aromatic carbocycles. The van der Waals surface area contributed by atoms with Crippen molar-refractivity contribution in [1.82, 2.24) is 5.32 Å². The van der Waals surface area contributed by atoms with Crippen LogP contribution in [0.25, 0.3) is 0 Å². The fourth-order valence-corrected chi connectivity index (χ4v) is 11.3. The van der Waals surface area contributed by atoms with Crippen LogP contribution in [0.2, 0.25) is 0 Å². The van der Waals surface area contributed by atoms with E-state index in [0.717, 1.165) is 32.1 Å². The van der Waals surface area contributed by atoms with Crippen molar-refractivity contribution < 1.29 is 53.1 Å². The molecule has 0 radical (unpaired) electrons. The molecular weight excluding hydrogens is 779 g/mol. The van der Waals surface area contributed by atoms with E-state index in [9.17, 15) is 29.4 Å². The van der Waals surface area contributed by atoms with Gasteiger partial charge in [0.2, 0.25) is 6.10 Å². The van der Waals surface area contributed by atoms with E-state index in [1.807, 2.05) is 13.8 Å². The SMILES string of the molecule is CCCCCCCCC(=O)O[C@@H](C(=O)O[C@H]1C[C@@]2(O)C(C)C3[C@]4(C)CO[C@@H]4C[C@H](O)[C@@]3(C)C(=O)[C@H](OC(C)=O)C(=C1C)C2(C)C)[C@@H](NC(=O)c1ccccc1)c1ccccc1. The van der Waals surface area contributed by atoms with Gasteiger partial charge in [0, 0.05) is 42.6 Å². The molecule has 11 atom stereocenters. The molecule has 61 heavy (non-hydrogen) atoms. The predicted molar refractivity (Wildman–Crippen MR) is 227 cm³/mol. The zero-order chi connectivity index (χ0) is 44.5. The zero-order valence-corrected chi connectivity index (χ0v) is 37.0. The maximum atomic E-state index is 15.2. The number of aliphatic hydroxyl groups excluding tert-OH is 1. The first-order valence-corrected chi connectivity index (χ1v) is 22.1. The lowest BCUT2D eigenvalue weighted by Crippen LogP contribution is -2.75. The molecule has 1 saturated heterocycles. The molecule has 0 spiro atoms. The number of benzene rings is 2. The molecular formula is C49H65NO11. The molecule has 1 heterocycles. The molecule has 2 saturated carbocycles. The maximum Gasteiger partial charge on any atom is 0.350 e. The molecule has 0 aromatic heterocycles. The standard InChI is InChI=1S/C49H65NO11/c1-9-10-11-12-13-20-25-37(53)61-41(39(32-21-16-14-17-22-32)50-44(55)33-23-18-15-19-24-33)45(56)60-34-27-49(57)30(3)42-47(7)28-58-36(47)26-35(52)48(42,8)43(54)40(59-31(4)51)38(29(34)2)46(49,5)6/h14-19,21-24,30,34-36,39-42,52,57H,9-13,20,25-28H2,1-8H3,(H,50,55)/t30?,34-,35-,36+,39-,40+,41+,42?,47+,48+,49+/m0/s1. The lowest BCUT2D eigenvalue weighted by molar-refractivity contribution is -0.302. The summed E-state index contributed by atoms with van der Waals surface area (Å²) in [4.78, 5) is 70.5. The van der Waals surface area contributed by atoms with Crippen LogP contribution in [0.5, 0.6) is 0 Å². The smallest absolute Gasteiger partial charge is 0.350 e. The molecule has 332 valence electrons. The third kappa shape index (κ3) is 8.44. The zero-order valence-electron chi connectivity index (χ0n) is 37.0. The Hall–Kier alpha value is -4.39. The van der Waals surface area contributed by atoms with E-state index in [2.05, 4.69) is 12.2 Å². The van der Waals surface area contributed by atoms with Gasteiger partial charge in [0.1, 0.15) is 12.1 Å². The first kappa shape index (κ1) is 46.1. The summed E-state index contributed by atoms with van der Waals surface area (Å²) in [7, 11) is 0. The van der Waals surface area contributed by atoms with E-state index in [1.54, 1.807) is 88.4 Å². The third-order valence-electron chi connectivity index (χ3n) is 14.8. The van der Waals surface area contributed by atoms with Gasteiger partial charge in [-0.25, -0.2) is 4.79 Å². The average Bonchev–Trinajstić information content (AvgIpc) is 3.22. The number of hydrogen-bond donors (Lipinski definition) is 3. The van der Waals surface area contributed by atoms with Gasteiger partial charge in [-0.15, -0.1) is 0 Å². The second-order valence-electron chi connectivity index (χ2n) is 18.9.